The average Bonchev–Trinajstić information content (AvgIpc) is 2.34. The first kappa shape index (κ1) is 13.7. The number of nitrogens with zero attached hydrogens (tertiary/aromatic N) is 1. The standard InChI is InChI=1S/C12H15BrN2O2S/c1-8-10(3-2-6-18-8)14-11-5-4-9(13)7-12(11)15(16)17/h4-5,7-8,10,14H,2-3,6H2,1H3. The van der Waals surface area contributed by atoms with Crippen molar-refractivity contribution in [3.05, 3.63) is 32.8 Å². The van der Waals surface area contributed by atoms with Crippen molar-refractivity contribution < 1.29 is 4.92 Å². The van der Waals surface area contributed by atoms with Gasteiger partial charge in [0.25, 0.3) is 5.69 Å². The van der Waals surface area contributed by atoms with Gasteiger partial charge >= 0.3 is 0 Å². The summed E-state index contributed by atoms with van der Waals surface area (Å²) >= 11 is 5.19. The van der Waals surface area contributed by atoms with Crippen molar-refractivity contribution in [1.82, 2.24) is 0 Å². The van der Waals surface area contributed by atoms with Gasteiger partial charge in [0, 0.05) is 21.8 Å². The van der Waals surface area contributed by atoms with E-state index in [9.17, 15) is 10.1 Å². The van der Waals surface area contributed by atoms with Crippen molar-refractivity contribution >= 4 is 39.1 Å². The van der Waals surface area contributed by atoms with Crippen LogP contribution >= 0.6 is 27.7 Å². The third-order valence-electron chi connectivity index (χ3n) is 3.10. The number of halogens is 1. The van der Waals surface area contributed by atoms with Gasteiger partial charge in [-0.15, -0.1) is 0 Å². The number of thioether (sulfide) groups is 1. The molecule has 1 aromatic rings. The van der Waals surface area contributed by atoms with Gasteiger partial charge in [-0.3, -0.25) is 10.1 Å². The number of hydrogen-bond donors (Lipinski definition) is 1. The maximum atomic E-state index is 11.0. The molecule has 1 N–H and O–H groups in total. The normalized spacial score (nSPS) is 23.7. The zero-order valence-electron chi connectivity index (χ0n) is 10.1. The minimum absolute atomic E-state index is 0.132. The van der Waals surface area contributed by atoms with Crippen LogP contribution < -0.4 is 5.32 Å². The van der Waals surface area contributed by atoms with Crippen LogP contribution in [0.2, 0.25) is 0 Å². The van der Waals surface area contributed by atoms with E-state index in [0.29, 0.717) is 17.0 Å². The lowest BCUT2D eigenvalue weighted by Crippen LogP contribution is -2.32. The lowest BCUT2D eigenvalue weighted by molar-refractivity contribution is -0.384. The summed E-state index contributed by atoms with van der Waals surface area (Å²) in [5.41, 5.74) is 0.745. The topological polar surface area (TPSA) is 55.2 Å². The Morgan fingerprint density at radius 1 is 1.56 bits per heavy atom. The number of benzene rings is 1. The number of hydrogen-bond acceptors (Lipinski definition) is 4. The Balaban J connectivity index is 2.20. The van der Waals surface area contributed by atoms with E-state index in [1.54, 1.807) is 12.1 Å². The van der Waals surface area contributed by atoms with Gasteiger partial charge in [0.15, 0.2) is 0 Å². The van der Waals surface area contributed by atoms with Crippen LogP contribution in [-0.2, 0) is 0 Å². The first-order valence-electron chi connectivity index (χ1n) is 5.90. The van der Waals surface area contributed by atoms with E-state index >= 15 is 0 Å². The summed E-state index contributed by atoms with van der Waals surface area (Å²) in [6.45, 7) is 2.17. The Morgan fingerprint density at radius 3 is 3.00 bits per heavy atom. The summed E-state index contributed by atoms with van der Waals surface area (Å²) in [7, 11) is 0. The van der Waals surface area contributed by atoms with Gasteiger partial charge in [0.2, 0.25) is 0 Å². The minimum Gasteiger partial charge on any atom is -0.376 e. The van der Waals surface area contributed by atoms with Crippen LogP contribution in [0.25, 0.3) is 0 Å². The van der Waals surface area contributed by atoms with Gasteiger partial charge in [0.05, 0.1) is 4.92 Å². The predicted molar refractivity (Wildman–Crippen MR) is 79.4 cm³/mol. The number of rotatable bonds is 3. The Bertz CT molecular complexity index is 456. The molecule has 0 saturated carbocycles. The van der Waals surface area contributed by atoms with E-state index in [1.165, 1.54) is 5.75 Å². The zero-order valence-corrected chi connectivity index (χ0v) is 12.5. The molecule has 0 aliphatic carbocycles. The lowest BCUT2D eigenvalue weighted by atomic mass is 10.1. The van der Waals surface area contributed by atoms with Gasteiger partial charge < -0.3 is 5.32 Å². The van der Waals surface area contributed by atoms with Crippen LogP contribution in [0.15, 0.2) is 22.7 Å². The van der Waals surface area contributed by atoms with Gasteiger partial charge in [-0.1, -0.05) is 22.9 Å². The Morgan fingerprint density at radius 2 is 2.33 bits per heavy atom. The SMILES string of the molecule is CC1SCCCC1Nc1ccc(Br)cc1[N+](=O)[O-]. The van der Waals surface area contributed by atoms with Crippen LogP contribution in [0.5, 0.6) is 0 Å². The van der Waals surface area contributed by atoms with E-state index in [-0.39, 0.29) is 10.6 Å². The van der Waals surface area contributed by atoms with Gasteiger partial charge in [-0.05, 0) is 30.7 Å². The highest BCUT2D eigenvalue weighted by Gasteiger charge is 2.24. The largest absolute Gasteiger partial charge is 0.376 e. The molecule has 98 valence electrons. The molecule has 1 aromatic carbocycles. The molecule has 1 fully saturated rings. The summed E-state index contributed by atoms with van der Waals surface area (Å²) < 4.78 is 0.728. The molecule has 18 heavy (non-hydrogen) atoms. The van der Waals surface area contributed by atoms with Crippen molar-refractivity contribution in [2.45, 2.75) is 31.1 Å². The molecule has 0 radical (unpaired) electrons. The van der Waals surface area contributed by atoms with Crippen molar-refractivity contribution in [2.24, 2.45) is 0 Å². The lowest BCUT2D eigenvalue weighted by Gasteiger charge is -2.29. The number of nitro benzene ring substituents is 1. The fraction of sp³-hybridized carbons (Fsp3) is 0.500. The zero-order chi connectivity index (χ0) is 13.1. The molecule has 2 atom stereocenters. The second kappa shape index (κ2) is 5.93. The molecule has 0 spiro atoms. The fourth-order valence-corrected chi connectivity index (χ4v) is 3.58. The molecule has 0 aromatic heterocycles. The molecule has 1 saturated heterocycles. The molecule has 6 heteroatoms. The van der Waals surface area contributed by atoms with Gasteiger partial charge in [-0.25, -0.2) is 0 Å². The van der Waals surface area contributed by atoms with E-state index in [1.807, 2.05) is 17.8 Å². The molecule has 2 unspecified atom stereocenters. The molecule has 1 aliphatic heterocycles. The second-order valence-corrected chi connectivity index (χ2v) is 6.79. The molecule has 2 rings (SSSR count). The van der Waals surface area contributed by atoms with Gasteiger partial charge in [0.1, 0.15) is 5.69 Å². The number of nitrogens with one attached hydrogen (secondary N) is 1. The van der Waals surface area contributed by atoms with Crippen LogP contribution in [0, 0.1) is 10.1 Å². The molecule has 1 heterocycles. The monoisotopic (exact) mass is 330 g/mol. The van der Waals surface area contributed by atoms with E-state index in [0.717, 1.165) is 17.3 Å². The highest BCUT2D eigenvalue weighted by atomic mass is 79.9. The maximum Gasteiger partial charge on any atom is 0.293 e. The van der Waals surface area contributed by atoms with Crippen molar-refractivity contribution in [3.8, 4) is 0 Å². The van der Waals surface area contributed by atoms with Crippen molar-refractivity contribution in [3.63, 3.8) is 0 Å². The highest BCUT2D eigenvalue weighted by molar-refractivity contribution is 9.10. The molecular weight excluding hydrogens is 316 g/mol. The summed E-state index contributed by atoms with van der Waals surface area (Å²) in [5, 5.41) is 14.8. The van der Waals surface area contributed by atoms with Crippen LogP contribution in [0.1, 0.15) is 19.8 Å². The molecule has 1 aliphatic rings. The summed E-state index contributed by atoms with van der Waals surface area (Å²) in [5.74, 6) is 1.18. The summed E-state index contributed by atoms with van der Waals surface area (Å²) in [6, 6.07) is 5.45. The third-order valence-corrected chi connectivity index (χ3v) is 4.98. The maximum absolute atomic E-state index is 11.0. The average molecular weight is 331 g/mol. The third kappa shape index (κ3) is 3.17. The molecular formula is C12H15BrN2O2S. The van der Waals surface area contributed by atoms with Crippen LogP contribution in [0.3, 0.4) is 0 Å². The van der Waals surface area contributed by atoms with E-state index < -0.39 is 0 Å². The van der Waals surface area contributed by atoms with Crippen LogP contribution in [-0.4, -0.2) is 22.0 Å². The fourth-order valence-electron chi connectivity index (χ4n) is 2.09. The van der Waals surface area contributed by atoms with Crippen molar-refractivity contribution in [1.29, 1.82) is 0 Å². The Labute approximate surface area is 119 Å². The minimum atomic E-state index is -0.340. The second-order valence-electron chi connectivity index (χ2n) is 4.39. The Kier molecular flexibility index (Phi) is 4.50. The smallest absolute Gasteiger partial charge is 0.293 e. The van der Waals surface area contributed by atoms with E-state index in [4.69, 9.17) is 0 Å². The summed E-state index contributed by atoms with van der Waals surface area (Å²) in [6.07, 6.45) is 2.23. The highest BCUT2D eigenvalue weighted by Crippen LogP contribution is 2.32. The number of anilines is 1. The first-order valence-corrected chi connectivity index (χ1v) is 7.74. The van der Waals surface area contributed by atoms with Gasteiger partial charge in [-0.2, -0.15) is 11.8 Å². The first-order chi connectivity index (χ1) is 8.58. The summed E-state index contributed by atoms with van der Waals surface area (Å²) in [4.78, 5) is 10.7. The van der Waals surface area contributed by atoms with Crippen molar-refractivity contribution in [2.75, 3.05) is 11.1 Å². The quantitative estimate of drug-likeness (QED) is 0.670. The molecule has 4 nitrogen and oxygen atoms in total. The van der Waals surface area contributed by atoms with E-state index in [2.05, 4.69) is 28.2 Å². The molecule has 0 bridgehead atoms. The number of nitro groups is 1. The Hall–Kier alpha value is -0.750. The predicted octanol–water partition coefficient (Wildman–Crippen LogP) is 4.05. The molecule has 0 amide bonds. The van der Waals surface area contributed by atoms with Crippen LogP contribution in [0.4, 0.5) is 11.4 Å².